The molecular weight excluding hydrogens is 172 g/mol. The first-order chi connectivity index (χ1) is 5.54. The van der Waals surface area contributed by atoms with Crippen molar-refractivity contribution in [2.24, 2.45) is 5.92 Å². The minimum absolute atomic E-state index is 0.0680. The summed E-state index contributed by atoms with van der Waals surface area (Å²) in [5, 5.41) is 6.07. The van der Waals surface area contributed by atoms with Crippen LogP contribution in [0.4, 0.5) is 0 Å². The van der Waals surface area contributed by atoms with Crippen LogP contribution in [0.15, 0.2) is 0 Å². The average molecular weight is 190 g/mol. The second-order valence-electron chi connectivity index (χ2n) is 3.08. The summed E-state index contributed by atoms with van der Waals surface area (Å²) in [6, 6.07) is 0. The molecule has 0 bridgehead atoms. The highest BCUT2D eigenvalue weighted by Crippen LogP contribution is 1.89. The maximum Gasteiger partial charge on any atom is 0.222 e. The van der Waals surface area contributed by atoms with Crippen LogP contribution in [0.25, 0.3) is 0 Å². The Morgan fingerprint density at radius 3 is 2.33 bits per heavy atom. The number of amides is 1. The molecule has 1 unspecified atom stereocenters. The molecule has 72 valence electrons. The molecule has 0 aromatic heterocycles. The molecule has 0 aromatic rings. The van der Waals surface area contributed by atoms with E-state index >= 15 is 0 Å². The number of hydrogen-bond donors (Lipinski definition) is 3. The number of thiol groups is 1. The fourth-order valence-corrected chi connectivity index (χ4v) is 0.800. The van der Waals surface area contributed by atoms with Crippen molar-refractivity contribution in [2.45, 2.75) is 26.1 Å². The summed E-state index contributed by atoms with van der Waals surface area (Å²) >= 11 is 4.14. The molecule has 0 radical (unpaired) electrons. The third-order valence-corrected chi connectivity index (χ3v) is 1.57. The predicted molar refractivity (Wildman–Crippen MR) is 54.3 cm³/mol. The van der Waals surface area contributed by atoms with E-state index in [1.807, 2.05) is 20.8 Å². The Morgan fingerprint density at radius 1 is 1.33 bits per heavy atom. The van der Waals surface area contributed by atoms with Crippen LogP contribution >= 0.6 is 12.6 Å². The molecule has 0 aliphatic rings. The van der Waals surface area contributed by atoms with Gasteiger partial charge in [0, 0.05) is 24.4 Å². The minimum atomic E-state index is 0.0680. The maximum atomic E-state index is 11.0. The Morgan fingerprint density at radius 2 is 1.92 bits per heavy atom. The Balaban J connectivity index is 3.26. The Labute approximate surface area is 79.7 Å². The molecule has 0 fully saturated rings. The van der Waals surface area contributed by atoms with Crippen LogP contribution in [-0.4, -0.2) is 24.4 Å². The van der Waals surface area contributed by atoms with Gasteiger partial charge in [-0.05, 0) is 6.92 Å². The number of nitrogens with one attached hydrogen (secondary N) is 2. The van der Waals surface area contributed by atoms with E-state index in [1.54, 1.807) is 0 Å². The van der Waals surface area contributed by atoms with Crippen molar-refractivity contribution in [1.82, 2.24) is 10.6 Å². The monoisotopic (exact) mass is 190 g/mol. The fraction of sp³-hybridized carbons (Fsp3) is 0.875. The molecule has 4 heteroatoms. The quantitative estimate of drug-likeness (QED) is 0.338. The second-order valence-corrected chi connectivity index (χ2v) is 3.85. The lowest BCUT2D eigenvalue weighted by Gasteiger charge is -2.09. The summed E-state index contributed by atoms with van der Waals surface area (Å²) in [7, 11) is 0. The number of rotatable bonds is 5. The largest absolute Gasteiger partial charge is 0.355 e. The van der Waals surface area contributed by atoms with Crippen molar-refractivity contribution in [3.05, 3.63) is 0 Å². The molecule has 0 spiro atoms. The number of hydrogen-bond acceptors (Lipinski definition) is 3. The second kappa shape index (κ2) is 6.31. The zero-order valence-corrected chi connectivity index (χ0v) is 8.82. The Bertz CT molecular complexity index is 137. The Kier molecular flexibility index (Phi) is 6.20. The van der Waals surface area contributed by atoms with Gasteiger partial charge < -0.3 is 10.6 Å². The van der Waals surface area contributed by atoms with Crippen molar-refractivity contribution in [1.29, 1.82) is 0 Å². The van der Waals surface area contributed by atoms with Crippen LogP contribution in [0, 0.1) is 5.92 Å². The van der Waals surface area contributed by atoms with E-state index in [-0.39, 0.29) is 17.2 Å². The van der Waals surface area contributed by atoms with E-state index in [9.17, 15) is 4.79 Å². The molecule has 0 aliphatic heterocycles. The molecule has 0 aliphatic carbocycles. The van der Waals surface area contributed by atoms with Gasteiger partial charge in [0.2, 0.25) is 5.91 Å². The van der Waals surface area contributed by atoms with Crippen LogP contribution in [0.3, 0.4) is 0 Å². The van der Waals surface area contributed by atoms with Crippen molar-refractivity contribution in [2.75, 3.05) is 13.1 Å². The van der Waals surface area contributed by atoms with Gasteiger partial charge in [0.15, 0.2) is 0 Å². The predicted octanol–water partition coefficient (Wildman–Crippen LogP) is 0.624. The topological polar surface area (TPSA) is 41.1 Å². The first-order valence-corrected chi connectivity index (χ1v) is 4.75. The molecule has 0 heterocycles. The fourth-order valence-electron chi connectivity index (χ4n) is 0.671. The maximum absolute atomic E-state index is 11.0. The summed E-state index contributed by atoms with van der Waals surface area (Å²) in [6.45, 7) is 7.15. The van der Waals surface area contributed by atoms with E-state index < -0.39 is 0 Å². The van der Waals surface area contributed by atoms with Gasteiger partial charge in [0.05, 0.1) is 0 Å². The number of carbonyl (C=O) groups is 1. The van der Waals surface area contributed by atoms with Crippen LogP contribution in [0.2, 0.25) is 0 Å². The van der Waals surface area contributed by atoms with E-state index in [0.717, 1.165) is 6.54 Å². The van der Waals surface area contributed by atoms with Crippen molar-refractivity contribution in [3.63, 3.8) is 0 Å². The van der Waals surface area contributed by atoms with Crippen molar-refractivity contribution >= 4 is 18.5 Å². The summed E-state index contributed by atoms with van der Waals surface area (Å²) in [6.07, 6.45) is 0. The highest BCUT2D eigenvalue weighted by molar-refractivity contribution is 7.80. The zero-order chi connectivity index (χ0) is 9.56. The molecule has 2 N–H and O–H groups in total. The van der Waals surface area contributed by atoms with Crippen LogP contribution in [0.1, 0.15) is 20.8 Å². The van der Waals surface area contributed by atoms with Crippen LogP contribution in [0.5, 0.6) is 0 Å². The van der Waals surface area contributed by atoms with E-state index in [2.05, 4.69) is 23.3 Å². The highest BCUT2D eigenvalue weighted by atomic mass is 32.1. The molecule has 0 aromatic carbocycles. The molecule has 0 rings (SSSR count). The molecular formula is C8H18N2OS. The summed E-state index contributed by atoms with van der Waals surface area (Å²) < 4.78 is 0. The lowest BCUT2D eigenvalue weighted by Crippen LogP contribution is -2.35. The van der Waals surface area contributed by atoms with E-state index in [1.165, 1.54) is 0 Å². The summed E-state index contributed by atoms with van der Waals surface area (Å²) in [5.74, 6) is 0.169. The molecule has 1 amide bonds. The molecule has 0 saturated heterocycles. The van der Waals surface area contributed by atoms with E-state index in [4.69, 9.17) is 0 Å². The van der Waals surface area contributed by atoms with Gasteiger partial charge in [-0.15, -0.1) is 0 Å². The standard InChI is InChI=1S/C8H18N2OS/c1-6(2)8(11)10-5-4-9-7(3)12/h6-7,9,12H,4-5H2,1-3H3,(H,10,11). The third-order valence-electron chi connectivity index (χ3n) is 1.39. The Hall–Kier alpha value is -0.220. The van der Waals surface area contributed by atoms with Gasteiger partial charge in [-0.1, -0.05) is 13.8 Å². The zero-order valence-electron chi connectivity index (χ0n) is 7.92. The van der Waals surface area contributed by atoms with Gasteiger partial charge >= 0.3 is 0 Å². The van der Waals surface area contributed by atoms with Gasteiger partial charge in [0.25, 0.3) is 0 Å². The first-order valence-electron chi connectivity index (χ1n) is 4.23. The SMILES string of the molecule is CC(S)NCCNC(=O)C(C)C. The lowest BCUT2D eigenvalue weighted by molar-refractivity contribution is -0.123. The molecule has 3 nitrogen and oxygen atoms in total. The van der Waals surface area contributed by atoms with Gasteiger partial charge in [0.1, 0.15) is 0 Å². The molecule has 0 saturated carbocycles. The smallest absolute Gasteiger partial charge is 0.222 e. The number of carbonyl (C=O) groups excluding carboxylic acids is 1. The lowest BCUT2D eigenvalue weighted by atomic mass is 10.2. The highest BCUT2D eigenvalue weighted by Gasteiger charge is 2.04. The van der Waals surface area contributed by atoms with Crippen molar-refractivity contribution < 1.29 is 4.79 Å². The van der Waals surface area contributed by atoms with Crippen LogP contribution < -0.4 is 10.6 Å². The van der Waals surface area contributed by atoms with E-state index in [0.29, 0.717) is 6.54 Å². The van der Waals surface area contributed by atoms with Crippen LogP contribution in [-0.2, 0) is 4.79 Å². The summed E-state index contributed by atoms with van der Waals surface area (Å²) in [4.78, 5) is 11.0. The molecule has 12 heavy (non-hydrogen) atoms. The third kappa shape index (κ3) is 6.49. The normalized spacial score (nSPS) is 13.1. The minimum Gasteiger partial charge on any atom is -0.355 e. The average Bonchev–Trinajstić information content (AvgIpc) is 1.97. The van der Waals surface area contributed by atoms with Crippen molar-refractivity contribution in [3.8, 4) is 0 Å². The molecule has 1 atom stereocenters. The van der Waals surface area contributed by atoms with Gasteiger partial charge in [-0.3, -0.25) is 4.79 Å². The summed E-state index contributed by atoms with van der Waals surface area (Å²) in [5.41, 5.74) is 0. The first kappa shape index (κ1) is 11.8. The van der Waals surface area contributed by atoms with Gasteiger partial charge in [-0.25, -0.2) is 0 Å². The van der Waals surface area contributed by atoms with Gasteiger partial charge in [-0.2, -0.15) is 12.6 Å².